The maximum absolute atomic E-state index is 13.9. The van der Waals surface area contributed by atoms with Crippen LogP contribution in [0, 0.1) is 0 Å². The van der Waals surface area contributed by atoms with E-state index in [2.05, 4.69) is 82.5 Å². The van der Waals surface area contributed by atoms with Crippen molar-refractivity contribution in [2.24, 2.45) is 0 Å². The molecule has 35 heavy (non-hydrogen) atoms. The standard InChI is InChI=1S/C18H28NO2Si.3C4H9.Sn/c1-7-15(13-19-14-17(20)21-18(2,3)4)22(5,6)16-11-9-8-10-12-16;3*1-3-4-2;/h7-12,14,19H,13H2,1-6H3;3*1,3-4H2,2H3;/b15-7-;;;;. The molecule has 0 aliphatic carbocycles. The van der Waals surface area contributed by atoms with Crippen LogP contribution in [0.4, 0.5) is 0 Å². The first-order chi connectivity index (χ1) is 16.5. The predicted molar refractivity (Wildman–Crippen MR) is 160 cm³/mol. The maximum atomic E-state index is 13.9. The molecule has 1 aromatic rings. The molecule has 0 aromatic heterocycles. The molecular formula is C30H55NO2SiSn. The summed E-state index contributed by atoms with van der Waals surface area (Å²) in [6.45, 7) is 20.7. The summed E-state index contributed by atoms with van der Waals surface area (Å²) in [6, 6.07) is 10.9. The Morgan fingerprint density at radius 1 is 0.971 bits per heavy atom. The number of hydrogen-bond donors (Lipinski definition) is 1. The van der Waals surface area contributed by atoms with Gasteiger partial charge in [-0.25, -0.2) is 0 Å². The van der Waals surface area contributed by atoms with Gasteiger partial charge in [-0.2, -0.15) is 0 Å². The predicted octanol–water partition coefficient (Wildman–Crippen LogP) is 7.78. The van der Waals surface area contributed by atoms with Crippen LogP contribution < -0.4 is 10.5 Å². The third-order valence-corrected chi connectivity index (χ3v) is 27.6. The van der Waals surface area contributed by atoms with Crippen LogP contribution in [0.2, 0.25) is 26.4 Å². The zero-order valence-electron chi connectivity index (χ0n) is 24.4. The molecule has 1 aromatic carbocycles. The summed E-state index contributed by atoms with van der Waals surface area (Å²) in [5, 5.41) is 6.84. The first-order valence-electron chi connectivity index (χ1n) is 14.1. The molecular weight excluding hydrogens is 553 g/mol. The van der Waals surface area contributed by atoms with Crippen LogP contribution >= 0.6 is 0 Å². The summed E-state index contributed by atoms with van der Waals surface area (Å²) < 4.78 is 9.90. The Balaban J connectivity index is 3.40. The molecule has 0 fully saturated rings. The summed E-state index contributed by atoms with van der Waals surface area (Å²) >= 11 is -2.94. The second-order valence-electron chi connectivity index (χ2n) is 11.8. The van der Waals surface area contributed by atoms with Gasteiger partial charge in [0.15, 0.2) is 0 Å². The number of nitrogens with one attached hydrogen (secondary N) is 1. The van der Waals surface area contributed by atoms with Crippen LogP contribution in [-0.2, 0) is 9.53 Å². The molecule has 0 saturated carbocycles. The molecule has 3 nitrogen and oxygen atoms in total. The van der Waals surface area contributed by atoms with E-state index in [-0.39, 0.29) is 10.0 Å². The quantitative estimate of drug-likeness (QED) is 0.154. The fraction of sp³-hybridized carbons (Fsp3) is 0.700. The topological polar surface area (TPSA) is 38.3 Å². The zero-order valence-corrected chi connectivity index (χ0v) is 28.3. The Kier molecular flexibility index (Phi) is 14.5. The number of carbonyl (C=O) groups excluding carboxylic acids is 1. The van der Waals surface area contributed by atoms with E-state index in [0.29, 0.717) is 0 Å². The summed E-state index contributed by atoms with van der Waals surface area (Å²) in [4.78, 5) is 13.9. The normalized spacial score (nSPS) is 14.1. The molecule has 0 bridgehead atoms. The van der Waals surface area contributed by atoms with Crippen LogP contribution in [0.25, 0.3) is 0 Å². The monoisotopic (exact) mass is 609 g/mol. The average Bonchev–Trinajstić information content (AvgIpc) is 2.81. The van der Waals surface area contributed by atoms with Gasteiger partial charge in [-0.1, -0.05) is 0 Å². The summed E-state index contributed by atoms with van der Waals surface area (Å²) in [6.07, 6.45) is 9.63. The summed E-state index contributed by atoms with van der Waals surface area (Å²) in [5.41, 5.74) is -0.462. The molecule has 1 rings (SSSR count). The van der Waals surface area contributed by atoms with Gasteiger partial charge in [-0.05, 0) is 0 Å². The van der Waals surface area contributed by atoms with E-state index in [0.717, 1.165) is 6.54 Å². The second-order valence-corrected chi connectivity index (χ2v) is 30.0. The van der Waals surface area contributed by atoms with E-state index in [1.807, 2.05) is 20.8 Å². The van der Waals surface area contributed by atoms with E-state index in [4.69, 9.17) is 4.74 Å². The van der Waals surface area contributed by atoms with E-state index in [1.54, 1.807) is 0 Å². The van der Waals surface area contributed by atoms with E-state index in [1.165, 1.54) is 62.2 Å². The van der Waals surface area contributed by atoms with Crippen molar-refractivity contribution in [3.8, 4) is 0 Å². The van der Waals surface area contributed by atoms with E-state index < -0.39 is 32.1 Å². The fourth-order valence-corrected chi connectivity index (χ4v) is 24.7. The molecule has 5 heteroatoms. The Morgan fingerprint density at radius 2 is 1.46 bits per heavy atom. The first-order valence-corrected chi connectivity index (χ1v) is 24.8. The van der Waals surface area contributed by atoms with Crippen LogP contribution in [0.1, 0.15) is 87.0 Å². The number of unbranched alkanes of at least 4 members (excludes halogenated alkanes) is 3. The third kappa shape index (κ3) is 10.4. The van der Waals surface area contributed by atoms with Crippen molar-refractivity contribution < 1.29 is 9.53 Å². The van der Waals surface area contributed by atoms with Crippen molar-refractivity contribution >= 4 is 37.6 Å². The Labute approximate surface area is 222 Å². The van der Waals surface area contributed by atoms with Crippen molar-refractivity contribution in [3.63, 3.8) is 0 Å². The van der Waals surface area contributed by atoms with Crippen LogP contribution in [0.3, 0.4) is 0 Å². The van der Waals surface area contributed by atoms with Gasteiger partial charge < -0.3 is 0 Å². The Bertz CT molecular complexity index is 749. The van der Waals surface area contributed by atoms with Crippen LogP contribution in [-0.4, -0.2) is 48.6 Å². The number of rotatable bonds is 16. The fourth-order valence-electron chi connectivity index (χ4n) is 5.24. The first kappa shape index (κ1) is 32.4. The number of benzene rings is 1. The van der Waals surface area contributed by atoms with Crippen LogP contribution in [0.15, 0.2) is 41.6 Å². The molecule has 1 atom stereocenters. The van der Waals surface area contributed by atoms with Gasteiger partial charge in [0.05, 0.1) is 0 Å². The molecule has 0 amide bonds. The molecule has 1 N–H and O–H groups in total. The van der Waals surface area contributed by atoms with Crippen molar-refractivity contribution in [1.29, 1.82) is 0 Å². The number of allylic oxidation sites excluding steroid dienone is 1. The molecule has 0 radical (unpaired) electrons. The Morgan fingerprint density at radius 3 is 1.86 bits per heavy atom. The van der Waals surface area contributed by atoms with Gasteiger partial charge in [0.2, 0.25) is 0 Å². The Hall–Kier alpha value is -0.594. The van der Waals surface area contributed by atoms with E-state index in [9.17, 15) is 4.79 Å². The molecule has 1 unspecified atom stereocenters. The van der Waals surface area contributed by atoms with Gasteiger partial charge in [-0.3, -0.25) is 0 Å². The molecule has 0 aliphatic heterocycles. The molecule has 0 heterocycles. The van der Waals surface area contributed by atoms with Gasteiger partial charge in [-0.15, -0.1) is 0 Å². The molecule has 0 aliphatic rings. The van der Waals surface area contributed by atoms with Gasteiger partial charge in [0.1, 0.15) is 0 Å². The summed E-state index contributed by atoms with van der Waals surface area (Å²) in [5.74, 6) is 0.0197. The SMILES string of the molecule is C/C=C(/CN[CH](C(=O)OC(C)(C)C)[Sn]([CH2]CCC)([CH2]CCC)[CH2]CCC)[Si](C)(C)c1ccccc1. The number of carbonyl (C=O) groups is 1. The zero-order chi connectivity index (χ0) is 26.5. The van der Waals surface area contributed by atoms with Crippen molar-refractivity contribution in [2.75, 3.05) is 6.54 Å². The molecule has 0 saturated heterocycles. The molecule has 200 valence electrons. The van der Waals surface area contributed by atoms with Crippen LogP contribution in [0.5, 0.6) is 0 Å². The second kappa shape index (κ2) is 15.6. The van der Waals surface area contributed by atoms with Crippen molar-refractivity contribution in [1.82, 2.24) is 5.32 Å². The number of esters is 1. The van der Waals surface area contributed by atoms with Gasteiger partial charge >= 0.3 is 224 Å². The minimum absolute atomic E-state index is 0.0197. The average molecular weight is 609 g/mol. The minimum atomic E-state index is -2.94. The van der Waals surface area contributed by atoms with Crippen molar-refractivity contribution in [2.45, 2.75) is 123 Å². The third-order valence-electron chi connectivity index (χ3n) is 7.48. The van der Waals surface area contributed by atoms with Gasteiger partial charge in [0, 0.05) is 0 Å². The number of hydrogen-bond acceptors (Lipinski definition) is 3. The van der Waals surface area contributed by atoms with Crippen molar-refractivity contribution in [3.05, 3.63) is 41.6 Å². The summed E-state index contributed by atoms with van der Waals surface area (Å²) in [7, 11) is -1.82. The molecule has 0 spiro atoms. The van der Waals surface area contributed by atoms with E-state index >= 15 is 0 Å². The number of ether oxygens (including phenoxy) is 1. The van der Waals surface area contributed by atoms with Gasteiger partial charge in [0.25, 0.3) is 0 Å².